The lowest BCUT2D eigenvalue weighted by Crippen LogP contribution is -2.64. The summed E-state index contributed by atoms with van der Waals surface area (Å²) < 4.78 is 5.47. The van der Waals surface area contributed by atoms with Gasteiger partial charge in [0, 0.05) is 43.2 Å². The van der Waals surface area contributed by atoms with E-state index in [9.17, 15) is 9.59 Å². The first-order chi connectivity index (χ1) is 14.8. The Morgan fingerprint density at radius 1 is 1.10 bits per heavy atom. The highest BCUT2D eigenvalue weighted by atomic mass is 35.5. The summed E-state index contributed by atoms with van der Waals surface area (Å²) in [5.74, 6) is 0.507. The Morgan fingerprint density at radius 3 is 2.48 bits per heavy atom. The highest BCUT2D eigenvalue weighted by Crippen LogP contribution is 2.38. The second kappa shape index (κ2) is 8.51. The molecule has 0 aliphatic carbocycles. The van der Waals surface area contributed by atoms with E-state index in [0.717, 1.165) is 35.9 Å². The summed E-state index contributed by atoms with van der Waals surface area (Å²) in [6.45, 7) is 8.33. The number of urea groups is 1. The molecule has 0 bridgehead atoms. The van der Waals surface area contributed by atoms with Crippen LogP contribution in [-0.4, -0.2) is 76.5 Å². The first-order valence-electron chi connectivity index (χ1n) is 10.6. The molecule has 3 amide bonds. The second-order valence-electron chi connectivity index (χ2n) is 7.97. The van der Waals surface area contributed by atoms with Crippen molar-refractivity contribution in [1.82, 2.24) is 19.6 Å². The van der Waals surface area contributed by atoms with Crippen LogP contribution in [0.3, 0.4) is 0 Å². The normalized spacial score (nSPS) is 23.1. The summed E-state index contributed by atoms with van der Waals surface area (Å²) in [4.78, 5) is 38.3. The minimum Gasteiger partial charge on any atom is -0.382 e. The minimum absolute atomic E-state index is 0.200. The fourth-order valence-corrected chi connectivity index (χ4v) is 4.46. The maximum Gasteiger partial charge on any atom is 0.328 e. The van der Waals surface area contributed by atoms with E-state index in [4.69, 9.17) is 21.3 Å². The zero-order valence-corrected chi connectivity index (χ0v) is 19.1. The predicted molar refractivity (Wildman–Crippen MR) is 118 cm³/mol. The third-order valence-corrected chi connectivity index (χ3v) is 6.38. The third kappa shape index (κ3) is 3.68. The van der Waals surface area contributed by atoms with Gasteiger partial charge in [0.25, 0.3) is 5.91 Å². The maximum absolute atomic E-state index is 13.5. The topological polar surface area (TPSA) is 68.7 Å². The smallest absolute Gasteiger partial charge is 0.328 e. The number of likely N-dealkylation sites (N-methyl/N-ethyl adjacent to an activating group) is 1. The summed E-state index contributed by atoms with van der Waals surface area (Å²) in [6.07, 6.45) is 0.320. The van der Waals surface area contributed by atoms with Crippen LogP contribution in [0.25, 0.3) is 0 Å². The van der Waals surface area contributed by atoms with Crippen molar-refractivity contribution in [3.05, 3.63) is 46.2 Å². The van der Waals surface area contributed by atoms with E-state index < -0.39 is 12.2 Å². The van der Waals surface area contributed by atoms with Crippen molar-refractivity contribution in [3.8, 4) is 0 Å². The first kappa shape index (κ1) is 21.6. The van der Waals surface area contributed by atoms with E-state index in [2.05, 4.69) is 4.90 Å². The lowest BCUT2D eigenvalue weighted by Gasteiger charge is -2.40. The summed E-state index contributed by atoms with van der Waals surface area (Å²) in [5.41, 5.74) is 2.91. The lowest BCUT2D eigenvalue weighted by molar-refractivity contribution is -0.137. The number of halogens is 1. The number of amides is 3. The Bertz CT molecular complexity index is 945. The van der Waals surface area contributed by atoms with Crippen molar-refractivity contribution in [2.24, 2.45) is 4.99 Å². The van der Waals surface area contributed by atoms with Gasteiger partial charge in [0.2, 0.25) is 5.96 Å². The van der Waals surface area contributed by atoms with Crippen LogP contribution < -0.4 is 0 Å². The molecule has 9 heteroatoms. The van der Waals surface area contributed by atoms with Gasteiger partial charge in [0.1, 0.15) is 0 Å². The monoisotopic (exact) mass is 445 g/mol. The van der Waals surface area contributed by atoms with E-state index in [-0.39, 0.29) is 18.5 Å². The van der Waals surface area contributed by atoms with Gasteiger partial charge >= 0.3 is 6.03 Å². The number of aliphatic imine (C=N–C) groups is 1. The molecular formula is C22H28ClN5O3. The van der Waals surface area contributed by atoms with E-state index in [1.54, 1.807) is 24.1 Å². The van der Waals surface area contributed by atoms with Crippen LogP contribution in [0, 0.1) is 0 Å². The number of allylic oxidation sites excluding steroid dienone is 2. The highest BCUT2D eigenvalue weighted by Gasteiger charge is 2.55. The van der Waals surface area contributed by atoms with Crippen molar-refractivity contribution in [1.29, 1.82) is 0 Å². The van der Waals surface area contributed by atoms with Crippen molar-refractivity contribution >= 4 is 29.5 Å². The molecule has 0 N–H and O–H groups in total. The Hall–Kier alpha value is -2.58. The fourth-order valence-electron chi connectivity index (χ4n) is 4.34. The first-order valence-corrected chi connectivity index (χ1v) is 10.9. The summed E-state index contributed by atoms with van der Waals surface area (Å²) in [5, 5.41) is 0.615. The molecule has 3 aliphatic rings. The van der Waals surface area contributed by atoms with E-state index >= 15 is 0 Å². The zero-order valence-electron chi connectivity index (χ0n) is 18.3. The Balaban J connectivity index is 1.58. The molecule has 0 spiro atoms. The molecule has 31 heavy (non-hydrogen) atoms. The Kier molecular flexibility index (Phi) is 5.94. The standard InChI is InChI=1S/C22H28ClN5O3/c1-5-31-12-6-11-26-14(2)15(3)28-18-19(24-21(26)28)25(4)22(30)27(20(18)29)13-16-7-9-17(23)10-8-16/h7-10,18-19H,5-6,11-13H2,1-4H3. The number of hydrogen-bond donors (Lipinski definition) is 0. The van der Waals surface area contributed by atoms with Gasteiger partial charge in [-0.25, -0.2) is 9.79 Å². The molecule has 2 atom stereocenters. The highest BCUT2D eigenvalue weighted by molar-refractivity contribution is 6.30. The van der Waals surface area contributed by atoms with Crippen LogP contribution in [0.4, 0.5) is 4.79 Å². The number of guanidine groups is 1. The van der Waals surface area contributed by atoms with Gasteiger partial charge in [-0.3, -0.25) is 14.6 Å². The quantitative estimate of drug-likeness (QED) is 0.603. The van der Waals surface area contributed by atoms with Crippen LogP contribution in [0.5, 0.6) is 0 Å². The van der Waals surface area contributed by atoms with Gasteiger partial charge in [0.05, 0.1) is 6.54 Å². The van der Waals surface area contributed by atoms with Crippen LogP contribution in [-0.2, 0) is 16.1 Å². The molecule has 0 radical (unpaired) electrons. The van der Waals surface area contributed by atoms with E-state index in [1.807, 2.05) is 37.8 Å². The average molecular weight is 446 g/mol. The molecule has 0 aromatic heterocycles. The van der Waals surface area contributed by atoms with Crippen LogP contribution in [0.1, 0.15) is 32.8 Å². The molecule has 1 fully saturated rings. The van der Waals surface area contributed by atoms with Gasteiger partial charge in [-0.05, 0) is 44.9 Å². The van der Waals surface area contributed by atoms with Crippen molar-refractivity contribution in [2.45, 2.75) is 45.9 Å². The largest absolute Gasteiger partial charge is 0.382 e. The van der Waals surface area contributed by atoms with Crippen LogP contribution >= 0.6 is 11.6 Å². The molecule has 8 nitrogen and oxygen atoms in total. The zero-order chi connectivity index (χ0) is 22.3. The van der Waals surface area contributed by atoms with Gasteiger partial charge in [-0.1, -0.05) is 23.7 Å². The summed E-state index contributed by atoms with van der Waals surface area (Å²) in [6, 6.07) is 6.28. The van der Waals surface area contributed by atoms with Gasteiger partial charge in [-0.2, -0.15) is 0 Å². The van der Waals surface area contributed by atoms with Crippen molar-refractivity contribution in [2.75, 3.05) is 26.8 Å². The van der Waals surface area contributed by atoms with Crippen molar-refractivity contribution in [3.63, 3.8) is 0 Å². The second-order valence-corrected chi connectivity index (χ2v) is 8.41. The van der Waals surface area contributed by atoms with Crippen molar-refractivity contribution < 1.29 is 14.3 Å². The Morgan fingerprint density at radius 2 is 1.81 bits per heavy atom. The predicted octanol–water partition coefficient (Wildman–Crippen LogP) is 3.09. The number of hydrogen-bond acceptors (Lipinski definition) is 6. The number of carbonyl (C=O) groups is 2. The fraction of sp³-hybridized carbons (Fsp3) is 0.500. The van der Waals surface area contributed by atoms with E-state index in [1.165, 1.54) is 4.90 Å². The molecular weight excluding hydrogens is 418 g/mol. The Labute approximate surface area is 187 Å². The number of imide groups is 1. The molecule has 1 aromatic carbocycles. The average Bonchev–Trinajstić information content (AvgIpc) is 3.25. The van der Waals surface area contributed by atoms with E-state index in [0.29, 0.717) is 18.2 Å². The molecule has 0 saturated carbocycles. The molecule has 2 unspecified atom stereocenters. The number of ether oxygens (including phenoxy) is 1. The molecule has 3 heterocycles. The SMILES string of the molecule is CCOCCCN1C2=NC3C(C(=O)N(Cc4ccc(Cl)cc4)C(=O)N3C)N2C(C)=C1C. The van der Waals surface area contributed by atoms with Crippen LogP contribution in [0.15, 0.2) is 40.7 Å². The lowest BCUT2D eigenvalue weighted by atomic mass is 10.1. The molecule has 1 saturated heterocycles. The molecule has 166 valence electrons. The number of nitrogens with zero attached hydrogens (tertiary/aromatic N) is 5. The molecule has 3 aliphatic heterocycles. The number of carbonyl (C=O) groups excluding carboxylic acids is 2. The number of fused-ring (bicyclic) bond motifs is 3. The summed E-state index contributed by atoms with van der Waals surface area (Å²) in [7, 11) is 1.71. The molecule has 1 aromatic rings. The number of benzene rings is 1. The minimum atomic E-state index is -0.558. The van der Waals surface area contributed by atoms with Gasteiger partial charge in [-0.15, -0.1) is 0 Å². The number of rotatable bonds is 7. The molecule has 4 rings (SSSR count). The third-order valence-electron chi connectivity index (χ3n) is 6.13. The van der Waals surface area contributed by atoms with Gasteiger partial charge in [0.15, 0.2) is 12.2 Å². The van der Waals surface area contributed by atoms with Gasteiger partial charge < -0.3 is 14.5 Å². The maximum atomic E-state index is 13.5. The van der Waals surface area contributed by atoms with Crippen LogP contribution in [0.2, 0.25) is 5.02 Å². The summed E-state index contributed by atoms with van der Waals surface area (Å²) >= 11 is 5.97.